The molecule has 0 aliphatic heterocycles. The maximum atomic E-state index is 11.7. The number of hydrogen-bond donors (Lipinski definition) is 2. The number of carbonyl (C=O) groups is 1. The SMILES string of the molecule is CC(C)Oc1ccc(NC(=O)CNC(C)(C)C)cc1. The van der Waals surface area contributed by atoms with Gasteiger partial charge < -0.3 is 15.4 Å². The van der Waals surface area contributed by atoms with E-state index in [0.717, 1.165) is 11.4 Å². The Morgan fingerprint density at radius 2 is 1.79 bits per heavy atom. The van der Waals surface area contributed by atoms with E-state index in [4.69, 9.17) is 4.74 Å². The summed E-state index contributed by atoms with van der Waals surface area (Å²) in [5.74, 6) is 0.758. The highest BCUT2D eigenvalue weighted by Crippen LogP contribution is 2.16. The van der Waals surface area contributed by atoms with E-state index in [9.17, 15) is 4.79 Å². The average Bonchev–Trinajstić information content (AvgIpc) is 2.28. The minimum atomic E-state index is -0.0632. The molecule has 0 unspecified atom stereocenters. The van der Waals surface area contributed by atoms with Gasteiger partial charge in [0.2, 0.25) is 5.91 Å². The van der Waals surface area contributed by atoms with Crippen LogP contribution in [0.4, 0.5) is 5.69 Å². The summed E-state index contributed by atoms with van der Waals surface area (Å²) in [5.41, 5.74) is 0.712. The maximum absolute atomic E-state index is 11.7. The van der Waals surface area contributed by atoms with Gasteiger partial charge in [0.05, 0.1) is 12.6 Å². The van der Waals surface area contributed by atoms with Gasteiger partial charge in [0, 0.05) is 11.2 Å². The topological polar surface area (TPSA) is 50.4 Å². The van der Waals surface area contributed by atoms with E-state index in [1.54, 1.807) is 0 Å². The molecule has 0 bridgehead atoms. The second kappa shape index (κ2) is 6.57. The molecule has 19 heavy (non-hydrogen) atoms. The zero-order valence-corrected chi connectivity index (χ0v) is 12.4. The third-order valence-corrected chi connectivity index (χ3v) is 2.29. The summed E-state index contributed by atoms with van der Waals surface area (Å²) < 4.78 is 5.54. The summed E-state index contributed by atoms with van der Waals surface area (Å²) in [6.45, 7) is 10.3. The number of nitrogens with one attached hydrogen (secondary N) is 2. The fraction of sp³-hybridized carbons (Fsp3) is 0.533. The van der Waals surface area contributed by atoms with Gasteiger partial charge in [-0.25, -0.2) is 0 Å². The fourth-order valence-electron chi connectivity index (χ4n) is 1.44. The van der Waals surface area contributed by atoms with Crippen LogP contribution >= 0.6 is 0 Å². The van der Waals surface area contributed by atoms with Gasteiger partial charge >= 0.3 is 0 Å². The summed E-state index contributed by atoms with van der Waals surface area (Å²) in [7, 11) is 0. The summed E-state index contributed by atoms with van der Waals surface area (Å²) in [5, 5.41) is 5.98. The summed E-state index contributed by atoms with van der Waals surface area (Å²) in [4.78, 5) is 11.7. The summed E-state index contributed by atoms with van der Waals surface area (Å²) in [6.07, 6.45) is 0.149. The molecule has 0 aliphatic rings. The standard InChI is InChI=1S/C15H24N2O2/c1-11(2)19-13-8-6-12(7-9-13)17-14(18)10-16-15(3,4)5/h6-9,11,16H,10H2,1-5H3,(H,17,18). The van der Waals surface area contributed by atoms with Gasteiger partial charge in [0.1, 0.15) is 5.75 Å². The van der Waals surface area contributed by atoms with Crippen LogP contribution in [-0.4, -0.2) is 24.1 Å². The van der Waals surface area contributed by atoms with E-state index >= 15 is 0 Å². The van der Waals surface area contributed by atoms with Gasteiger partial charge in [-0.15, -0.1) is 0 Å². The Hall–Kier alpha value is -1.55. The quantitative estimate of drug-likeness (QED) is 0.859. The summed E-state index contributed by atoms with van der Waals surface area (Å²) in [6, 6.07) is 7.39. The highest BCUT2D eigenvalue weighted by Gasteiger charge is 2.11. The predicted molar refractivity (Wildman–Crippen MR) is 78.6 cm³/mol. The minimum Gasteiger partial charge on any atom is -0.491 e. The minimum absolute atomic E-state index is 0.0487. The molecule has 0 spiro atoms. The van der Waals surface area contributed by atoms with Crippen molar-refractivity contribution in [2.75, 3.05) is 11.9 Å². The highest BCUT2D eigenvalue weighted by atomic mass is 16.5. The molecule has 2 N–H and O–H groups in total. The van der Waals surface area contributed by atoms with Crippen LogP contribution < -0.4 is 15.4 Å². The van der Waals surface area contributed by atoms with Crippen LogP contribution in [0.15, 0.2) is 24.3 Å². The van der Waals surface area contributed by atoms with E-state index in [1.165, 1.54) is 0 Å². The van der Waals surface area contributed by atoms with Crippen LogP contribution in [0.25, 0.3) is 0 Å². The largest absolute Gasteiger partial charge is 0.491 e. The van der Waals surface area contributed by atoms with Crippen LogP contribution in [0.5, 0.6) is 5.75 Å². The number of ether oxygens (including phenoxy) is 1. The van der Waals surface area contributed by atoms with Crippen molar-refractivity contribution in [1.82, 2.24) is 5.32 Å². The second-order valence-corrected chi connectivity index (χ2v) is 5.84. The van der Waals surface area contributed by atoms with Crippen molar-refractivity contribution in [1.29, 1.82) is 0 Å². The molecular formula is C15H24N2O2. The normalized spacial score (nSPS) is 11.5. The molecule has 0 saturated carbocycles. The Labute approximate surface area is 115 Å². The van der Waals surface area contributed by atoms with E-state index in [1.807, 2.05) is 58.9 Å². The molecule has 4 heteroatoms. The van der Waals surface area contributed by atoms with Gasteiger partial charge in [-0.3, -0.25) is 4.79 Å². The number of hydrogen-bond acceptors (Lipinski definition) is 3. The van der Waals surface area contributed by atoms with Crippen molar-refractivity contribution in [2.24, 2.45) is 0 Å². The Balaban J connectivity index is 2.47. The molecule has 106 valence electrons. The Morgan fingerprint density at radius 3 is 2.26 bits per heavy atom. The van der Waals surface area contributed by atoms with Crippen LogP contribution in [0.1, 0.15) is 34.6 Å². The molecule has 1 rings (SSSR count). The van der Waals surface area contributed by atoms with Crippen LogP contribution in [-0.2, 0) is 4.79 Å². The molecule has 0 aromatic heterocycles. The van der Waals surface area contributed by atoms with Crippen molar-refractivity contribution >= 4 is 11.6 Å². The zero-order chi connectivity index (χ0) is 14.5. The highest BCUT2D eigenvalue weighted by molar-refractivity contribution is 5.92. The number of carbonyl (C=O) groups excluding carboxylic acids is 1. The van der Waals surface area contributed by atoms with Gasteiger partial charge in [0.15, 0.2) is 0 Å². The number of benzene rings is 1. The van der Waals surface area contributed by atoms with Crippen molar-refractivity contribution in [2.45, 2.75) is 46.3 Å². The second-order valence-electron chi connectivity index (χ2n) is 5.84. The Kier molecular flexibility index (Phi) is 5.36. The smallest absolute Gasteiger partial charge is 0.238 e. The number of amides is 1. The first-order chi connectivity index (χ1) is 8.76. The maximum Gasteiger partial charge on any atom is 0.238 e. The fourth-order valence-corrected chi connectivity index (χ4v) is 1.44. The molecule has 0 fully saturated rings. The zero-order valence-electron chi connectivity index (χ0n) is 12.4. The molecule has 0 atom stereocenters. The van der Waals surface area contributed by atoms with Crippen molar-refractivity contribution in [3.63, 3.8) is 0 Å². The first kappa shape index (κ1) is 15.5. The molecule has 1 amide bonds. The molecule has 4 nitrogen and oxygen atoms in total. The van der Waals surface area contributed by atoms with Gasteiger partial charge in [-0.05, 0) is 58.9 Å². The first-order valence-corrected chi connectivity index (χ1v) is 6.58. The lowest BCUT2D eigenvalue weighted by molar-refractivity contribution is -0.115. The molecule has 0 radical (unpaired) electrons. The van der Waals surface area contributed by atoms with Crippen molar-refractivity contribution in [3.05, 3.63) is 24.3 Å². The van der Waals surface area contributed by atoms with Gasteiger partial charge in [-0.1, -0.05) is 0 Å². The third kappa shape index (κ3) is 6.82. The van der Waals surface area contributed by atoms with Gasteiger partial charge in [-0.2, -0.15) is 0 Å². The monoisotopic (exact) mass is 264 g/mol. The van der Waals surface area contributed by atoms with E-state index < -0.39 is 0 Å². The predicted octanol–water partition coefficient (Wildman–Crippen LogP) is 2.80. The first-order valence-electron chi connectivity index (χ1n) is 6.58. The summed E-state index contributed by atoms with van der Waals surface area (Å²) >= 11 is 0. The number of anilines is 1. The molecule has 1 aromatic carbocycles. The molecule has 0 heterocycles. The van der Waals surface area contributed by atoms with Crippen molar-refractivity contribution in [3.8, 4) is 5.75 Å². The Morgan fingerprint density at radius 1 is 1.21 bits per heavy atom. The molecule has 0 saturated heterocycles. The molecular weight excluding hydrogens is 240 g/mol. The van der Waals surface area contributed by atoms with Crippen LogP contribution in [0, 0.1) is 0 Å². The third-order valence-electron chi connectivity index (χ3n) is 2.29. The lowest BCUT2D eigenvalue weighted by atomic mass is 10.1. The molecule has 0 aliphatic carbocycles. The van der Waals surface area contributed by atoms with E-state index in [-0.39, 0.29) is 17.6 Å². The van der Waals surface area contributed by atoms with Crippen LogP contribution in [0.2, 0.25) is 0 Å². The average molecular weight is 264 g/mol. The van der Waals surface area contributed by atoms with Crippen LogP contribution in [0.3, 0.4) is 0 Å². The van der Waals surface area contributed by atoms with E-state index in [2.05, 4.69) is 10.6 Å². The number of rotatable bonds is 5. The van der Waals surface area contributed by atoms with Crippen molar-refractivity contribution < 1.29 is 9.53 Å². The lowest BCUT2D eigenvalue weighted by Gasteiger charge is -2.20. The lowest BCUT2D eigenvalue weighted by Crippen LogP contribution is -2.41. The Bertz CT molecular complexity index is 405. The van der Waals surface area contributed by atoms with Gasteiger partial charge in [0.25, 0.3) is 0 Å². The molecule has 1 aromatic rings. The van der Waals surface area contributed by atoms with E-state index in [0.29, 0.717) is 6.54 Å².